The molecule has 0 atom stereocenters. The van der Waals surface area contributed by atoms with Gasteiger partial charge >= 0.3 is 0 Å². The summed E-state index contributed by atoms with van der Waals surface area (Å²) in [6, 6.07) is 0. The summed E-state index contributed by atoms with van der Waals surface area (Å²) in [4.78, 5) is 0. The van der Waals surface area contributed by atoms with Crippen LogP contribution in [0.3, 0.4) is 0 Å². The molecule has 0 saturated carbocycles. The Bertz CT molecular complexity index is 186. The van der Waals surface area contributed by atoms with Gasteiger partial charge in [0.15, 0.2) is 0 Å². The second-order valence-electron chi connectivity index (χ2n) is 0.824. The Morgan fingerprint density at radius 1 is 1.86 bits per heavy atom. The maximum Gasteiger partial charge on any atom is 0.266 e. The molecule has 5 heteroatoms. The van der Waals surface area contributed by atoms with Crippen LogP contribution in [0.5, 0.6) is 0 Å². The zero-order chi connectivity index (χ0) is 7.71. The highest BCUT2D eigenvalue weighted by molar-refractivity contribution is 7.85. The third-order valence-electron chi connectivity index (χ3n) is 0.266. The molecule has 0 aromatic heterocycles. The van der Waals surface area contributed by atoms with Gasteiger partial charge in [-0.15, -0.1) is 0 Å². The van der Waals surface area contributed by atoms with Crippen molar-refractivity contribution in [2.45, 2.75) is 0 Å². The summed E-state index contributed by atoms with van der Waals surface area (Å²) in [6.45, 7) is -0.744. The zero-order valence-electron chi connectivity index (χ0n) is 5.46. The Morgan fingerprint density at radius 3 is 2.29 bits per heavy atom. The van der Waals surface area contributed by atoms with Gasteiger partial charge in [0.2, 0.25) is 0 Å². The average Bonchev–Trinajstić information content (AvgIpc) is 1.64. The standard InChI is InChI=1S/C2H7NO3S/c3-1-2-7(4,5)6/h1-3H2,(H,4,5,6)/i2D2. The summed E-state index contributed by atoms with van der Waals surface area (Å²) in [6.07, 6.45) is 0. The van der Waals surface area contributed by atoms with E-state index in [1.54, 1.807) is 0 Å². The van der Waals surface area contributed by atoms with E-state index in [2.05, 4.69) is 5.73 Å². The second kappa shape index (κ2) is 2.25. The summed E-state index contributed by atoms with van der Waals surface area (Å²) in [5.41, 5.74) is 1.96. The summed E-state index contributed by atoms with van der Waals surface area (Å²) in [5, 5.41) is 0. The fourth-order valence-electron chi connectivity index (χ4n) is 0.105. The molecular weight excluding hydrogens is 118 g/mol. The van der Waals surface area contributed by atoms with Gasteiger partial charge in [0, 0.05) is 9.29 Å². The molecule has 0 heterocycles. The Labute approximate surface area is 44.9 Å². The van der Waals surface area contributed by atoms with Gasteiger partial charge in [0.1, 0.15) is 0 Å². The van der Waals surface area contributed by atoms with Gasteiger partial charge in [0.05, 0.1) is 5.70 Å². The van der Waals surface area contributed by atoms with Crippen LogP contribution in [-0.4, -0.2) is 25.2 Å². The van der Waals surface area contributed by atoms with Crippen LogP contribution in [0.15, 0.2) is 0 Å². The van der Waals surface area contributed by atoms with Gasteiger partial charge in [-0.2, -0.15) is 8.42 Å². The summed E-state index contributed by atoms with van der Waals surface area (Å²) >= 11 is 0. The largest absolute Gasteiger partial charge is 0.329 e. The quantitative estimate of drug-likeness (QED) is 0.458. The second-order valence-corrected chi connectivity index (χ2v) is 2.06. The van der Waals surface area contributed by atoms with Crippen LogP contribution in [0, 0.1) is 0 Å². The topological polar surface area (TPSA) is 80.4 Å². The molecule has 3 N–H and O–H groups in total. The highest BCUT2D eigenvalue weighted by atomic mass is 32.2. The first kappa shape index (κ1) is 3.82. The fraction of sp³-hybridized carbons (Fsp3) is 1.00. The monoisotopic (exact) mass is 127 g/mol. The maximum atomic E-state index is 9.98. The molecule has 4 nitrogen and oxygen atoms in total. The van der Waals surface area contributed by atoms with E-state index in [4.69, 9.17) is 7.29 Å². The van der Waals surface area contributed by atoms with E-state index in [9.17, 15) is 8.42 Å². The predicted molar refractivity (Wildman–Crippen MR) is 25.5 cm³/mol. The Kier molecular flexibility index (Phi) is 1.23. The van der Waals surface area contributed by atoms with Gasteiger partial charge in [-0.3, -0.25) is 4.55 Å². The molecule has 7 heavy (non-hydrogen) atoms. The van der Waals surface area contributed by atoms with Crippen LogP contribution >= 0.6 is 0 Å². The van der Waals surface area contributed by atoms with E-state index in [0.29, 0.717) is 0 Å². The summed E-state index contributed by atoms with van der Waals surface area (Å²) in [7, 11) is -4.64. The molecule has 0 saturated heterocycles. The lowest BCUT2D eigenvalue weighted by molar-refractivity contribution is 0.483. The van der Waals surface area contributed by atoms with E-state index in [-0.39, 0.29) is 0 Å². The van der Waals surface area contributed by atoms with Crippen molar-refractivity contribution in [2.24, 2.45) is 5.73 Å². The number of nitrogens with two attached hydrogens (primary N) is 1. The van der Waals surface area contributed by atoms with Crippen molar-refractivity contribution in [3.8, 4) is 0 Å². The lowest BCUT2D eigenvalue weighted by Gasteiger charge is -1.86. The zero-order valence-corrected chi connectivity index (χ0v) is 4.27. The lowest BCUT2D eigenvalue weighted by atomic mass is 10.8. The molecule has 0 radical (unpaired) electrons. The lowest BCUT2D eigenvalue weighted by Crippen LogP contribution is -2.13. The first-order valence-electron chi connectivity index (χ1n) is 2.48. The summed E-state index contributed by atoms with van der Waals surface area (Å²) < 4.78 is 41.1. The van der Waals surface area contributed by atoms with Crippen molar-refractivity contribution in [1.82, 2.24) is 0 Å². The number of rotatable bonds is 2. The van der Waals surface area contributed by atoms with E-state index in [1.165, 1.54) is 0 Å². The van der Waals surface area contributed by atoms with Crippen molar-refractivity contribution < 1.29 is 15.7 Å². The SMILES string of the molecule is [2H]C([2H])(CN)S(=O)(=O)O. The average molecular weight is 127 g/mol. The molecule has 0 aromatic rings. The minimum absolute atomic E-state index is 0.744. The van der Waals surface area contributed by atoms with Crippen molar-refractivity contribution >= 4 is 10.1 Å². The Hall–Kier alpha value is -0.130. The van der Waals surface area contributed by atoms with Crippen molar-refractivity contribution in [1.29, 1.82) is 0 Å². The number of hydrogen-bond donors (Lipinski definition) is 2. The first-order valence-corrected chi connectivity index (χ1v) is 2.92. The van der Waals surface area contributed by atoms with Gasteiger partial charge in [-0.05, 0) is 0 Å². The van der Waals surface area contributed by atoms with Crippen LogP contribution in [0.2, 0.25) is 0 Å². The molecule has 0 aliphatic heterocycles. The molecule has 0 spiro atoms. The van der Waals surface area contributed by atoms with Crippen molar-refractivity contribution in [3.63, 3.8) is 0 Å². The molecule has 0 amide bonds. The van der Waals surface area contributed by atoms with E-state index in [1.807, 2.05) is 0 Å². The van der Waals surface area contributed by atoms with Crippen LogP contribution in [0.1, 0.15) is 2.74 Å². The first-order chi connectivity index (χ1) is 3.81. The highest BCUT2D eigenvalue weighted by Gasteiger charge is 1.98. The number of hydrogen-bond acceptors (Lipinski definition) is 3. The summed E-state index contributed by atoms with van der Waals surface area (Å²) in [5.74, 6) is 0. The van der Waals surface area contributed by atoms with Crippen LogP contribution in [0.4, 0.5) is 0 Å². The van der Waals surface area contributed by atoms with E-state index >= 15 is 0 Å². The Morgan fingerprint density at radius 2 is 2.29 bits per heavy atom. The molecule has 44 valence electrons. The van der Waals surface area contributed by atoms with Gasteiger partial charge in [-0.25, -0.2) is 0 Å². The van der Waals surface area contributed by atoms with Crippen LogP contribution in [-0.2, 0) is 10.1 Å². The Balaban J connectivity index is 4.56. The third-order valence-corrected chi connectivity index (χ3v) is 0.797. The van der Waals surface area contributed by atoms with Crippen LogP contribution in [0.25, 0.3) is 0 Å². The third kappa shape index (κ3) is 5.87. The molecule has 0 aliphatic carbocycles. The van der Waals surface area contributed by atoms with Gasteiger partial charge in [-0.1, -0.05) is 0 Å². The normalized spacial score (nSPS) is 18.0. The molecule has 0 fully saturated rings. The molecule has 0 aliphatic rings. The molecule has 0 aromatic carbocycles. The van der Waals surface area contributed by atoms with Crippen LogP contribution < -0.4 is 5.73 Å². The van der Waals surface area contributed by atoms with E-state index in [0.717, 1.165) is 0 Å². The smallest absolute Gasteiger partial charge is 0.266 e. The molecular formula is C2H7NO3S. The fourth-order valence-corrected chi connectivity index (χ4v) is 0.316. The van der Waals surface area contributed by atoms with Gasteiger partial charge < -0.3 is 5.73 Å². The van der Waals surface area contributed by atoms with Crippen molar-refractivity contribution in [3.05, 3.63) is 0 Å². The predicted octanol–water partition coefficient (Wildman–Crippen LogP) is -1.17. The maximum absolute atomic E-state index is 9.98. The minimum Gasteiger partial charge on any atom is -0.329 e. The molecule has 0 unspecified atom stereocenters. The van der Waals surface area contributed by atoms with Gasteiger partial charge in [0.25, 0.3) is 10.1 Å². The molecule has 0 rings (SSSR count). The van der Waals surface area contributed by atoms with Crippen molar-refractivity contribution in [2.75, 3.05) is 12.2 Å². The highest BCUT2D eigenvalue weighted by Crippen LogP contribution is 1.74. The minimum atomic E-state index is -4.64. The molecule has 0 bridgehead atoms. The van der Waals surface area contributed by atoms with E-state index < -0.39 is 22.4 Å².